The van der Waals surface area contributed by atoms with Crippen molar-refractivity contribution in [1.82, 2.24) is 19.8 Å². The summed E-state index contributed by atoms with van der Waals surface area (Å²) in [5, 5.41) is 9.83. The number of nitrogens with one attached hydrogen (secondary N) is 2. The van der Waals surface area contributed by atoms with E-state index in [0.29, 0.717) is 25.3 Å². The smallest absolute Gasteiger partial charge is 0.260 e. The van der Waals surface area contributed by atoms with Gasteiger partial charge in [0.25, 0.3) is 10.0 Å². The highest BCUT2D eigenvalue weighted by Crippen LogP contribution is 2.32. The van der Waals surface area contributed by atoms with Crippen LogP contribution in [-0.2, 0) is 21.3 Å². The average molecular weight is 302 g/mol. The first kappa shape index (κ1) is 15.4. The number of nitrogens with zero attached hydrogens (tertiary/aromatic N) is 2. The molecule has 1 aliphatic carbocycles. The summed E-state index contributed by atoms with van der Waals surface area (Å²) in [5.74, 6) is 0. The molecule has 2 rings (SSSR count). The summed E-state index contributed by atoms with van der Waals surface area (Å²) in [5.41, 5.74) is 0.676. The third-order valence-electron chi connectivity index (χ3n) is 3.28. The molecule has 1 heterocycles. The van der Waals surface area contributed by atoms with Crippen molar-refractivity contribution in [3.8, 4) is 0 Å². The highest BCUT2D eigenvalue weighted by atomic mass is 32.2. The molecule has 1 aliphatic rings. The predicted octanol–water partition coefficient (Wildman–Crippen LogP) is 0.319. The van der Waals surface area contributed by atoms with Crippen molar-refractivity contribution in [1.29, 1.82) is 0 Å². The molecule has 0 radical (unpaired) electrons. The van der Waals surface area contributed by atoms with Gasteiger partial charge >= 0.3 is 0 Å². The quantitative estimate of drug-likeness (QED) is 0.686. The maximum Gasteiger partial charge on any atom is 0.260 e. The Bertz CT molecular complexity index is 525. The number of sulfonamides is 1. The largest absolute Gasteiger partial charge is 0.383 e. The zero-order valence-corrected chi connectivity index (χ0v) is 12.7. The fourth-order valence-corrected chi connectivity index (χ4v) is 3.85. The van der Waals surface area contributed by atoms with Crippen LogP contribution in [0.5, 0.6) is 0 Å². The molecule has 20 heavy (non-hydrogen) atoms. The van der Waals surface area contributed by atoms with Gasteiger partial charge in [0.1, 0.15) is 0 Å². The molecule has 8 heteroatoms. The second kappa shape index (κ2) is 6.66. The van der Waals surface area contributed by atoms with Crippen molar-refractivity contribution >= 4 is 10.0 Å². The van der Waals surface area contributed by atoms with Crippen LogP contribution < -0.4 is 5.32 Å². The third-order valence-corrected chi connectivity index (χ3v) is 5.25. The van der Waals surface area contributed by atoms with Gasteiger partial charge < -0.3 is 10.1 Å². The molecule has 0 aromatic carbocycles. The van der Waals surface area contributed by atoms with Gasteiger partial charge in [-0.1, -0.05) is 6.92 Å². The molecule has 1 fully saturated rings. The van der Waals surface area contributed by atoms with Crippen LogP contribution in [-0.4, -0.2) is 55.8 Å². The number of rotatable bonds is 9. The van der Waals surface area contributed by atoms with Crippen molar-refractivity contribution in [2.24, 2.45) is 0 Å². The lowest BCUT2D eigenvalue weighted by molar-refractivity contribution is 0.177. The van der Waals surface area contributed by atoms with Gasteiger partial charge in [-0.15, -0.1) is 0 Å². The fraction of sp³-hybridized carbons (Fsp3) is 0.750. The van der Waals surface area contributed by atoms with E-state index in [2.05, 4.69) is 15.5 Å². The van der Waals surface area contributed by atoms with Crippen LogP contribution in [0.3, 0.4) is 0 Å². The summed E-state index contributed by atoms with van der Waals surface area (Å²) >= 11 is 0. The molecule has 7 nitrogen and oxygen atoms in total. The Morgan fingerprint density at radius 2 is 2.30 bits per heavy atom. The Morgan fingerprint density at radius 3 is 2.90 bits per heavy atom. The zero-order valence-electron chi connectivity index (χ0n) is 11.9. The first-order valence-electron chi connectivity index (χ1n) is 6.85. The van der Waals surface area contributed by atoms with E-state index in [1.54, 1.807) is 13.3 Å². The van der Waals surface area contributed by atoms with Gasteiger partial charge in [0.2, 0.25) is 0 Å². The summed E-state index contributed by atoms with van der Waals surface area (Å²) < 4.78 is 32.0. The van der Waals surface area contributed by atoms with E-state index in [-0.39, 0.29) is 11.1 Å². The highest BCUT2D eigenvalue weighted by molar-refractivity contribution is 7.89. The van der Waals surface area contributed by atoms with Gasteiger partial charge in [0.05, 0.1) is 12.8 Å². The second-order valence-electron chi connectivity index (χ2n) is 4.84. The van der Waals surface area contributed by atoms with E-state index >= 15 is 0 Å². The van der Waals surface area contributed by atoms with Crippen LogP contribution >= 0.6 is 0 Å². The first-order chi connectivity index (χ1) is 9.61. The molecule has 2 N–H and O–H groups in total. The molecule has 114 valence electrons. The van der Waals surface area contributed by atoms with Crippen molar-refractivity contribution < 1.29 is 13.2 Å². The van der Waals surface area contributed by atoms with Crippen LogP contribution in [0.15, 0.2) is 11.2 Å². The Kier molecular flexibility index (Phi) is 5.14. The summed E-state index contributed by atoms with van der Waals surface area (Å²) in [6.45, 7) is 4.02. The van der Waals surface area contributed by atoms with E-state index in [1.165, 1.54) is 4.31 Å². The van der Waals surface area contributed by atoms with Gasteiger partial charge in [0.15, 0.2) is 5.03 Å². The number of H-pyrrole nitrogens is 1. The lowest BCUT2D eigenvalue weighted by atomic mass is 10.3. The topological polar surface area (TPSA) is 87.3 Å². The van der Waals surface area contributed by atoms with Crippen LogP contribution in [0.1, 0.15) is 25.3 Å². The molecule has 0 unspecified atom stereocenters. The summed E-state index contributed by atoms with van der Waals surface area (Å²) in [4.78, 5) is 0. The van der Waals surface area contributed by atoms with Crippen molar-refractivity contribution in [2.45, 2.75) is 37.4 Å². The summed E-state index contributed by atoms with van der Waals surface area (Å²) in [6.07, 6.45) is 3.40. The second-order valence-corrected chi connectivity index (χ2v) is 6.67. The van der Waals surface area contributed by atoms with Gasteiger partial charge in [-0.3, -0.25) is 5.10 Å². The van der Waals surface area contributed by atoms with Gasteiger partial charge in [0, 0.05) is 31.8 Å². The van der Waals surface area contributed by atoms with Crippen LogP contribution in [0.25, 0.3) is 0 Å². The molecule has 0 bridgehead atoms. The minimum Gasteiger partial charge on any atom is -0.383 e. The van der Waals surface area contributed by atoms with Crippen LogP contribution in [0, 0.1) is 0 Å². The highest BCUT2D eigenvalue weighted by Gasteiger charge is 2.39. The minimum atomic E-state index is -3.53. The molecular weight excluding hydrogens is 280 g/mol. The maximum atomic E-state index is 12.7. The van der Waals surface area contributed by atoms with E-state index in [9.17, 15) is 8.42 Å². The number of hydrogen-bond donors (Lipinski definition) is 2. The van der Waals surface area contributed by atoms with Gasteiger partial charge in [-0.05, 0) is 19.4 Å². The Balaban J connectivity index is 2.21. The lowest BCUT2D eigenvalue weighted by Gasteiger charge is -2.21. The summed E-state index contributed by atoms with van der Waals surface area (Å²) in [6, 6.07) is 0.102. The molecule has 1 aromatic heterocycles. The first-order valence-corrected chi connectivity index (χ1v) is 8.29. The molecule has 1 aromatic rings. The normalized spacial score (nSPS) is 15.9. The molecule has 1 saturated carbocycles. The number of aromatic nitrogens is 2. The van der Waals surface area contributed by atoms with E-state index in [4.69, 9.17) is 4.74 Å². The van der Waals surface area contributed by atoms with E-state index in [1.807, 2.05) is 6.92 Å². The summed E-state index contributed by atoms with van der Waals surface area (Å²) in [7, 11) is -1.96. The number of ether oxygens (including phenoxy) is 1. The Morgan fingerprint density at radius 1 is 1.55 bits per heavy atom. The van der Waals surface area contributed by atoms with Crippen LogP contribution in [0.4, 0.5) is 0 Å². The molecule has 0 amide bonds. The van der Waals surface area contributed by atoms with Crippen LogP contribution in [0.2, 0.25) is 0 Å². The number of hydrogen-bond acceptors (Lipinski definition) is 5. The minimum absolute atomic E-state index is 0.102. The third kappa shape index (κ3) is 3.38. The fourth-order valence-electron chi connectivity index (χ4n) is 2.07. The Labute approximate surface area is 119 Å². The van der Waals surface area contributed by atoms with E-state index in [0.717, 1.165) is 19.4 Å². The van der Waals surface area contributed by atoms with E-state index < -0.39 is 10.0 Å². The SMILES string of the molecule is CCNCc1cn[nH]c1S(=O)(=O)N(CCOC)C1CC1. The van der Waals surface area contributed by atoms with Gasteiger partial charge in [-0.25, -0.2) is 8.42 Å². The van der Waals surface area contributed by atoms with Crippen molar-refractivity contribution in [2.75, 3.05) is 26.8 Å². The zero-order chi connectivity index (χ0) is 14.6. The molecule has 0 aliphatic heterocycles. The van der Waals surface area contributed by atoms with Crippen molar-refractivity contribution in [3.05, 3.63) is 11.8 Å². The lowest BCUT2D eigenvalue weighted by Crippen LogP contribution is -2.36. The maximum absolute atomic E-state index is 12.7. The monoisotopic (exact) mass is 302 g/mol. The number of methoxy groups -OCH3 is 1. The molecule has 0 saturated heterocycles. The predicted molar refractivity (Wildman–Crippen MR) is 74.8 cm³/mol. The average Bonchev–Trinajstić information content (AvgIpc) is 3.13. The molecule has 0 spiro atoms. The van der Waals surface area contributed by atoms with Gasteiger partial charge in [-0.2, -0.15) is 9.40 Å². The standard InChI is InChI=1S/C12H22N4O3S/c1-3-13-8-10-9-14-15-12(10)20(17,18)16(6-7-19-2)11-4-5-11/h9,11,13H,3-8H2,1-2H3,(H,14,15). The van der Waals surface area contributed by atoms with Crippen molar-refractivity contribution in [3.63, 3.8) is 0 Å². The Hall–Kier alpha value is -0.960. The number of aromatic amines is 1. The molecule has 0 atom stereocenters. The molecular formula is C12H22N4O3S.